The van der Waals surface area contributed by atoms with Crippen LogP contribution in [0.5, 0.6) is 11.5 Å². The van der Waals surface area contributed by atoms with Crippen molar-refractivity contribution in [3.8, 4) is 17.6 Å². The highest BCUT2D eigenvalue weighted by molar-refractivity contribution is 6.30. The van der Waals surface area contributed by atoms with E-state index < -0.39 is 11.8 Å². The lowest BCUT2D eigenvalue weighted by Crippen LogP contribution is -2.38. The van der Waals surface area contributed by atoms with Crippen LogP contribution in [0.25, 0.3) is 11.2 Å². The first-order valence-corrected chi connectivity index (χ1v) is 15.8. The Labute approximate surface area is 267 Å². The highest BCUT2D eigenvalue weighted by Crippen LogP contribution is 2.25. The first kappa shape index (κ1) is 32.2. The number of imidazole rings is 1. The molecule has 5 rings (SSSR count). The number of nitriles is 1. The number of unbranched alkanes of at least 4 members (excludes halogenated alkanes) is 4. The molecule has 4 aromatic rings. The summed E-state index contributed by atoms with van der Waals surface area (Å²) in [5, 5.41) is 18.4. The Bertz CT molecular complexity index is 1650. The second kappa shape index (κ2) is 15.7. The number of carboxylic acid groups (broad SMARTS) is 1. The molecule has 1 fully saturated rings. The van der Waals surface area contributed by atoms with Crippen LogP contribution in [0.3, 0.4) is 0 Å². The summed E-state index contributed by atoms with van der Waals surface area (Å²) in [4.78, 5) is 23.2. The fourth-order valence-electron chi connectivity index (χ4n) is 5.56. The molecule has 236 valence electrons. The Morgan fingerprint density at radius 2 is 1.89 bits per heavy atom. The number of halogens is 2. The lowest BCUT2D eigenvalue weighted by Gasteiger charge is -2.32. The fourth-order valence-corrected chi connectivity index (χ4v) is 5.72. The van der Waals surface area contributed by atoms with Gasteiger partial charge in [0.2, 0.25) is 0 Å². The average Bonchev–Trinajstić information content (AvgIpc) is 3.35. The quantitative estimate of drug-likeness (QED) is 0.140. The van der Waals surface area contributed by atoms with Crippen LogP contribution in [0.2, 0.25) is 5.02 Å². The van der Waals surface area contributed by atoms with Gasteiger partial charge in [-0.25, -0.2) is 14.4 Å². The third-order valence-electron chi connectivity index (χ3n) is 7.87. The van der Waals surface area contributed by atoms with Crippen molar-refractivity contribution < 1.29 is 23.8 Å². The Morgan fingerprint density at radius 1 is 1.07 bits per heavy atom. The predicted octanol–water partition coefficient (Wildman–Crippen LogP) is 6.95. The molecule has 3 heterocycles. The summed E-state index contributed by atoms with van der Waals surface area (Å²) in [7, 11) is 0. The predicted molar refractivity (Wildman–Crippen MR) is 169 cm³/mol. The van der Waals surface area contributed by atoms with E-state index in [1.807, 2.05) is 30.3 Å². The van der Waals surface area contributed by atoms with Crippen molar-refractivity contribution in [2.45, 2.75) is 77.2 Å². The van der Waals surface area contributed by atoms with E-state index in [9.17, 15) is 14.3 Å². The first-order chi connectivity index (χ1) is 21.9. The molecular weight excluding hydrogens is 597 g/mol. The maximum absolute atomic E-state index is 14.1. The molecule has 0 aliphatic carbocycles. The van der Waals surface area contributed by atoms with Crippen LogP contribution in [0, 0.1) is 17.1 Å². The van der Waals surface area contributed by atoms with Crippen LogP contribution in [0.15, 0.2) is 54.6 Å². The van der Waals surface area contributed by atoms with Crippen LogP contribution in [-0.4, -0.2) is 49.7 Å². The number of hydrogen-bond acceptors (Lipinski definition) is 7. The van der Waals surface area contributed by atoms with Crippen molar-refractivity contribution in [3.63, 3.8) is 0 Å². The number of pyridine rings is 1. The minimum atomic E-state index is -0.913. The SMILES string of the molecule is N#CCCCCCCn1c(CN2CCC(Oc3cccc(COc4ccc(Cl)cc4F)c3)CC2)nc2ccc(CC(=O)O)nc21. The minimum Gasteiger partial charge on any atom is -0.490 e. The third-order valence-corrected chi connectivity index (χ3v) is 8.11. The van der Waals surface area contributed by atoms with E-state index in [0.29, 0.717) is 23.7 Å². The van der Waals surface area contributed by atoms with Gasteiger partial charge in [0.1, 0.15) is 29.8 Å². The zero-order valence-electron chi connectivity index (χ0n) is 25.1. The van der Waals surface area contributed by atoms with Crippen LogP contribution in [0.1, 0.15) is 62.0 Å². The standard InChI is InChI=1S/C34H37ClFN5O4/c35-25-9-12-31(29(36)20-25)44-23-24-7-6-8-28(19-24)45-27-13-17-40(18-14-27)22-32-39-30-11-10-26(21-33(42)43)38-34(30)41(32)16-5-3-1-2-4-15-37/h6-12,19-20,27H,1-5,13-14,16-18,21-23H2,(H,42,43). The Morgan fingerprint density at radius 3 is 2.67 bits per heavy atom. The van der Waals surface area contributed by atoms with E-state index in [4.69, 9.17) is 31.3 Å². The second-order valence-electron chi connectivity index (χ2n) is 11.3. The van der Waals surface area contributed by atoms with Crippen LogP contribution in [0.4, 0.5) is 4.39 Å². The first-order valence-electron chi connectivity index (χ1n) is 15.4. The number of fused-ring (bicyclic) bond motifs is 1. The highest BCUT2D eigenvalue weighted by Gasteiger charge is 2.23. The topological polar surface area (TPSA) is 114 Å². The summed E-state index contributed by atoms with van der Waals surface area (Å²) in [5.74, 6) is 0.420. The molecule has 0 atom stereocenters. The molecule has 11 heteroatoms. The number of likely N-dealkylation sites (tertiary alicyclic amines) is 1. The van der Waals surface area contributed by atoms with Crippen molar-refractivity contribution in [2.24, 2.45) is 0 Å². The van der Waals surface area contributed by atoms with Crippen LogP contribution in [-0.2, 0) is 30.9 Å². The molecule has 1 saturated heterocycles. The largest absolute Gasteiger partial charge is 0.490 e. The summed E-state index contributed by atoms with van der Waals surface area (Å²) in [5.41, 5.74) is 2.89. The Balaban J connectivity index is 1.17. The molecular formula is C34H37ClFN5O4. The maximum Gasteiger partial charge on any atom is 0.309 e. The number of benzene rings is 2. The van der Waals surface area contributed by atoms with Gasteiger partial charge in [-0.05, 0) is 73.7 Å². The van der Waals surface area contributed by atoms with Crippen molar-refractivity contribution >= 4 is 28.7 Å². The van der Waals surface area contributed by atoms with E-state index in [-0.39, 0.29) is 24.9 Å². The molecule has 1 aliphatic heterocycles. The van der Waals surface area contributed by atoms with Crippen LogP contribution >= 0.6 is 11.6 Å². The molecule has 0 bridgehead atoms. The number of carboxylic acids is 1. The summed E-state index contributed by atoms with van der Waals surface area (Å²) >= 11 is 5.83. The molecule has 45 heavy (non-hydrogen) atoms. The molecule has 2 aromatic heterocycles. The van der Waals surface area contributed by atoms with Gasteiger partial charge in [0.15, 0.2) is 17.2 Å². The molecule has 1 N–H and O–H groups in total. The van der Waals surface area contributed by atoms with Gasteiger partial charge in [0, 0.05) is 31.1 Å². The molecule has 0 saturated carbocycles. The normalized spacial score (nSPS) is 14.0. The Kier molecular flexibility index (Phi) is 11.2. The summed E-state index contributed by atoms with van der Waals surface area (Å²) in [6.07, 6.45) is 6.06. The molecule has 0 unspecified atom stereocenters. The summed E-state index contributed by atoms with van der Waals surface area (Å²) < 4.78 is 28.2. The molecule has 0 amide bonds. The fraction of sp³-hybridized carbons (Fsp3) is 0.412. The number of carbonyl (C=O) groups is 1. The maximum atomic E-state index is 14.1. The Hall–Kier alpha value is -4.20. The smallest absolute Gasteiger partial charge is 0.309 e. The van der Waals surface area contributed by atoms with Gasteiger partial charge in [-0.15, -0.1) is 0 Å². The number of ether oxygens (including phenoxy) is 2. The zero-order valence-corrected chi connectivity index (χ0v) is 25.9. The number of aromatic nitrogens is 3. The number of aliphatic carboxylic acids is 1. The van der Waals surface area contributed by atoms with Crippen molar-refractivity contribution in [1.82, 2.24) is 19.4 Å². The third kappa shape index (κ3) is 9.16. The molecule has 0 radical (unpaired) electrons. The van der Waals surface area contributed by atoms with Gasteiger partial charge in [0.25, 0.3) is 0 Å². The number of aryl methyl sites for hydroxylation is 1. The van der Waals surface area contributed by atoms with Gasteiger partial charge in [0.05, 0.1) is 24.7 Å². The van der Waals surface area contributed by atoms with Gasteiger partial charge in [-0.1, -0.05) is 36.6 Å². The van der Waals surface area contributed by atoms with Gasteiger partial charge in [-0.3, -0.25) is 9.69 Å². The lowest BCUT2D eigenvalue weighted by atomic mass is 10.1. The second-order valence-corrected chi connectivity index (χ2v) is 11.8. The van der Waals surface area contributed by atoms with E-state index >= 15 is 0 Å². The van der Waals surface area contributed by atoms with E-state index in [1.54, 1.807) is 12.1 Å². The van der Waals surface area contributed by atoms with Crippen LogP contribution < -0.4 is 9.47 Å². The summed E-state index contributed by atoms with van der Waals surface area (Å²) in [6.45, 7) is 3.31. The van der Waals surface area contributed by atoms with E-state index in [2.05, 4.69) is 20.5 Å². The van der Waals surface area contributed by atoms with Gasteiger partial charge >= 0.3 is 5.97 Å². The summed E-state index contributed by atoms with van der Waals surface area (Å²) in [6, 6.07) is 17.8. The van der Waals surface area contributed by atoms with Crippen molar-refractivity contribution in [2.75, 3.05) is 13.1 Å². The molecule has 9 nitrogen and oxygen atoms in total. The van der Waals surface area contributed by atoms with Gasteiger partial charge in [-0.2, -0.15) is 5.26 Å². The van der Waals surface area contributed by atoms with Crippen molar-refractivity contribution in [3.05, 3.63) is 82.5 Å². The number of piperidine rings is 1. The van der Waals surface area contributed by atoms with E-state index in [1.165, 1.54) is 12.1 Å². The monoisotopic (exact) mass is 633 g/mol. The highest BCUT2D eigenvalue weighted by atomic mass is 35.5. The average molecular weight is 634 g/mol. The minimum absolute atomic E-state index is 0.0681. The molecule has 0 spiro atoms. The number of nitrogens with zero attached hydrogens (tertiary/aromatic N) is 5. The molecule has 2 aromatic carbocycles. The molecule has 1 aliphatic rings. The number of rotatable bonds is 15. The zero-order chi connectivity index (χ0) is 31.6. The van der Waals surface area contributed by atoms with E-state index in [0.717, 1.165) is 86.5 Å². The van der Waals surface area contributed by atoms with Crippen molar-refractivity contribution in [1.29, 1.82) is 5.26 Å². The number of hydrogen-bond donors (Lipinski definition) is 1. The lowest BCUT2D eigenvalue weighted by molar-refractivity contribution is -0.136. The van der Waals surface area contributed by atoms with Gasteiger partial charge < -0.3 is 19.1 Å².